The van der Waals surface area contributed by atoms with Gasteiger partial charge in [-0.25, -0.2) is 0 Å². The Kier molecular flexibility index (Phi) is 2.35. The second kappa shape index (κ2) is 2.91. The molecule has 1 aliphatic carbocycles. The van der Waals surface area contributed by atoms with Gasteiger partial charge in [-0.05, 0) is 30.6 Å². The molecule has 0 aliphatic heterocycles. The Morgan fingerprint density at radius 3 is 2.20 bits per heavy atom. The Morgan fingerprint density at radius 1 is 1.10 bits per heavy atom. The monoisotopic (exact) mass is 142 g/mol. The van der Waals surface area contributed by atoms with Crippen molar-refractivity contribution in [2.45, 2.75) is 39.7 Å². The number of hydrogen-bond donors (Lipinski definition) is 1. The summed E-state index contributed by atoms with van der Waals surface area (Å²) in [4.78, 5) is 0. The molecule has 1 rings (SSSR count). The molecule has 0 spiro atoms. The zero-order chi connectivity index (χ0) is 7.72. The molecule has 0 heterocycles. The molecule has 10 heavy (non-hydrogen) atoms. The largest absolute Gasteiger partial charge is 0.393 e. The van der Waals surface area contributed by atoms with Crippen LogP contribution in [0, 0.1) is 17.8 Å². The Labute approximate surface area is 63.4 Å². The normalized spacial score (nSPS) is 49.2. The lowest BCUT2D eigenvalue weighted by molar-refractivity contribution is 0.0259. The van der Waals surface area contributed by atoms with Crippen molar-refractivity contribution in [1.82, 2.24) is 0 Å². The Bertz CT molecular complexity index is 99.3. The molecule has 0 amide bonds. The summed E-state index contributed by atoms with van der Waals surface area (Å²) < 4.78 is 0. The van der Waals surface area contributed by atoms with E-state index in [4.69, 9.17) is 0 Å². The van der Waals surface area contributed by atoms with Gasteiger partial charge < -0.3 is 5.11 Å². The molecule has 0 aromatic rings. The molecule has 60 valence electrons. The van der Waals surface area contributed by atoms with Gasteiger partial charge in [0.05, 0.1) is 6.10 Å². The first-order valence-corrected chi connectivity index (χ1v) is 4.29. The SMILES string of the molecule is CC1CC(C)C(C)C(O)C1. The number of aliphatic hydroxyl groups is 1. The summed E-state index contributed by atoms with van der Waals surface area (Å²) in [6, 6.07) is 0. The van der Waals surface area contributed by atoms with Crippen LogP contribution >= 0.6 is 0 Å². The number of rotatable bonds is 0. The van der Waals surface area contributed by atoms with Gasteiger partial charge in [0.2, 0.25) is 0 Å². The van der Waals surface area contributed by atoms with E-state index < -0.39 is 0 Å². The van der Waals surface area contributed by atoms with E-state index in [0.717, 1.165) is 12.3 Å². The minimum Gasteiger partial charge on any atom is -0.393 e. The highest BCUT2D eigenvalue weighted by Crippen LogP contribution is 2.32. The van der Waals surface area contributed by atoms with Crippen LogP contribution in [0.5, 0.6) is 0 Å². The van der Waals surface area contributed by atoms with Crippen LogP contribution in [0.2, 0.25) is 0 Å². The van der Waals surface area contributed by atoms with Crippen LogP contribution in [-0.4, -0.2) is 11.2 Å². The van der Waals surface area contributed by atoms with Gasteiger partial charge in [0.25, 0.3) is 0 Å². The average molecular weight is 142 g/mol. The number of aliphatic hydroxyl groups excluding tert-OH is 1. The van der Waals surface area contributed by atoms with Crippen LogP contribution < -0.4 is 0 Å². The lowest BCUT2D eigenvalue weighted by Gasteiger charge is -2.34. The predicted molar refractivity (Wildman–Crippen MR) is 42.7 cm³/mol. The zero-order valence-corrected chi connectivity index (χ0v) is 7.17. The fraction of sp³-hybridized carbons (Fsp3) is 1.00. The van der Waals surface area contributed by atoms with Gasteiger partial charge in [0.1, 0.15) is 0 Å². The Hall–Kier alpha value is -0.0400. The standard InChI is InChI=1S/C9H18O/c1-6-4-7(2)8(3)9(10)5-6/h6-10H,4-5H2,1-3H3. The molecule has 4 unspecified atom stereocenters. The minimum absolute atomic E-state index is 0.0428. The Morgan fingerprint density at radius 2 is 1.70 bits per heavy atom. The second-order valence-electron chi connectivity index (χ2n) is 3.98. The molecule has 1 N–H and O–H groups in total. The van der Waals surface area contributed by atoms with Crippen molar-refractivity contribution >= 4 is 0 Å². The minimum atomic E-state index is -0.0428. The van der Waals surface area contributed by atoms with Crippen LogP contribution in [0.15, 0.2) is 0 Å². The summed E-state index contributed by atoms with van der Waals surface area (Å²) in [5.74, 6) is 1.94. The summed E-state index contributed by atoms with van der Waals surface area (Å²) in [5.41, 5.74) is 0. The maximum Gasteiger partial charge on any atom is 0.0570 e. The quantitative estimate of drug-likeness (QED) is 0.549. The zero-order valence-electron chi connectivity index (χ0n) is 7.17. The smallest absolute Gasteiger partial charge is 0.0570 e. The lowest BCUT2D eigenvalue weighted by atomic mass is 9.75. The van der Waals surface area contributed by atoms with Crippen molar-refractivity contribution in [1.29, 1.82) is 0 Å². The fourth-order valence-electron chi connectivity index (χ4n) is 1.95. The van der Waals surface area contributed by atoms with Crippen LogP contribution in [0.1, 0.15) is 33.6 Å². The number of hydrogen-bond acceptors (Lipinski definition) is 1. The predicted octanol–water partition coefficient (Wildman–Crippen LogP) is 2.05. The second-order valence-corrected chi connectivity index (χ2v) is 3.98. The summed E-state index contributed by atoms with van der Waals surface area (Å²) in [5, 5.41) is 9.52. The van der Waals surface area contributed by atoms with Gasteiger partial charge in [-0.1, -0.05) is 20.8 Å². The van der Waals surface area contributed by atoms with Crippen LogP contribution in [0.4, 0.5) is 0 Å². The first kappa shape index (κ1) is 8.06. The summed E-state index contributed by atoms with van der Waals surface area (Å²) in [6.45, 7) is 6.62. The van der Waals surface area contributed by atoms with E-state index in [0.29, 0.717) is 11.8 Å². The first-order valence-electron chi connectivity index (χ1n) is 4.29. The third kappa shape index (κ3) is 1.51. The molecule has 4 atom stereocenters. The lowest BCUT2D eigenvalue weighted by Crippen LogP contribution is -2.32. The van der Waals surface area contributed by atoms with Gasteiger partial charge in [-0.15, -0.1) is 0 Å². The first-order chi connectivity index (χ1) is 4.61. The van der Waals surface area contributed by atoms with E-state index in [2.05, 4.69) is 20.8 Å². The van der Waals surface area contributed by atoms with E-state index in [9.17, 15) is 5.11 Å². The van der Waals surface area contributed by atoms with Gasteiger partial charge in [-0.2, -0.15) is 0 Å². The van der Waals surface area contributed by atoms with E-state index in [-0.39, 0.29) is 6.10 Å². The molecule has 1 heteroatoms. The Balaban J connectivity index is 2.49. The molecule has 1 nitrogen and oxygen atoms in total. The molecule has 0 aromatic heterocycles. The molecule has 0 bridgehead atoms. The van der Waals surface area contributed by atoms with E-state index in [1.807, 2.05) is 0 Å². The molecule has 0 radical (unpaired) electrons. The van der Waals surface area contributed by atoms with Crippen LogP contribution in [0.25, 0.3) is 0 Å². The van der Waals surface area contributed by atoms with Gasteiger partial charge in [0, 0.05) is 0 Å². The van der Waals surface area contributed by atoms with Crippen molar-refractivity contribution in [3.63, 3.8) is 0 Å². The molecular weight excluding hydrogens is 124 g/mol. The van der Waals surface area contributed by atoms with Gasteiger partial charge in [-0.3, -0.25) is 0 Å². The van der Waals surface area contributed by atoms with Crippen molar-refractivity contribution < 1.29 is 5.11 Å². The fourth-order valence-corrected chi connectivity index (χ4v) is 1.95. The molecule has 1 fully saturated rings. The summed E-state index contributed by atoms with van der Waals surface area (Å²) in [6.07, 6.45) is 2.25. The van der Waals surface area contributed by atoms with Crippen molar-refractivity contribution in [2.24, 2.45) is 17.8 Å². The molecule has 0 aromatic carbocycles. The average Bonchev–Trinajstić information content (AvgIpc) is 1.82. The highest BCUT2D eigenvalue weighted by molar-refractivity contribution is 4.79. The third-order valence-electron chi connectivity index (χ3n) is 2.92. The van der Waals surface area contributed by atoms with E-state index in [1.165, 1.54) is 6.42 Å². The third-order valence-corrected chi connectivity index (χ3v) is 2.92. The molecule has 1 aliphatic rings. The molecule has 0 saturated heterocycles. The summed E-state index contributed by atoms with van der Waals surface area (Å²) >= 11 is 0. The van der Waals surface area contributed by atoms with Crippen molar-refractivity contribution in [3.05, 3.63) is 0 Å². The summed E-state index contributed by atoms with van der Waals surface area (Å²) in [7, 11) is 0. The molecular formula is C9H18O. The van der Waals surface area contributed by atoms with Crippen molar-refractivity contribution in [3.8, 4) is 0 Å². The molecule has 1 saturated carbocycles. The van der Waals surface area contributed by atoms with Crippen LogP contribution in [-0.2, 0) is 0 Å². The van der Waals surface area contributed by atoms with E-state index in [1.54, 1.807) is 0 Å². The highest BCUT2D eigenvalue weighted by Gasteiger charge is 2.28. The maximum absolute atomic E-state index is 9.52. The highest BCUT2D eigenvalue weighted by atomic mass is 16.3. The van der Waals surface area contributed by atoms with Crippen molar-refractivity contribution in [2.75, 3.05) is 0 Å². The topological polar surface area (TPSA) is 20.2 Å². The van der Waals surface area contributed by atoms with Crippen LogP contribution in [0.3, 0.4) is 0 Å². The van der Waals surface area contributed by atoms with Gasteiger partial charge >= 0.3 is 0 Å². The maximum atomic E-state index is 9.52. The van der Waals surface area contributed by atoms with E-state index >= 15 is 0 Å². The van der Waals surface area contributed by atoms with Gasteiger partial charge in [0.15, 0.2) is 0 Å².